The summed E-state index contributed by atoms with van der Waals surface area (Å²) in [5, 5.41) is 3.43. The molecule has 0 fully saturated rings. The van der Waals surface area contributed by atoms with Crippen LogP contribution in [0.15, 0.2) is 15.7 Å². The van der Waals surface area contributed by atoms with Gasteiger partial charge in [0.2, 0.25) is 0 Å². The van der Waals surface area contributed by atoms with Gasteiger partial charge in [-0.15, -0.1) is 0 Å². The van der Waals surface area contributed by atoms with Gasteiger partial charge in [-0.05, 0) is 40.0 Å². The van der Waals surface area contributed by atoms with Crippen molar-refractivity contribution in [3.05, 3.63) is 37.4 Å². The summed E-state index contributed by atoms with van der Waals surface area (Å²) >= 11 is 8.74. The molecule has 0 heterocycles. The van der Waals surface area contributed by atoms with Gasteiger partial charge in [-0.25, -0.2) is 4.39 Å². The summed E-state index contributed by atoms with van der Waals surface area (Å²) in [4.78, 5) is 2.59. The Morgan fingerprint density at radius 1 is 1.69 bits per heavy atom. The third-order valence-corrected chi connectivity index (χ3v) is 2.78. The minimum Gasteiger partial charge on any atom is -0.207 e. The lowest BCUT2D eigenvalue weighted by molar-refractivity contribution is 0.617. The average Bonchev–Trinajstić information content (AvgIpc) is 2.09. The van der Waals surface area contributed by atoms with Crippen LogP contribution < -0.4 is 0 Å². The van der Waals surface area contributed by atoms with E-state index in [1.165, 1.54) is 0 Å². The summed E-state index contributed by atoms with van der Waals surface area (Å²) in [5.41, 5.74) is 8.79. The van der Waals surface area contributed by atoms with Crippen LogP contribution in [0.2, 0.25) is 5.02 Å². The van der Waals surface area contributed by atoms with Crippen molar-refractivity contribution in [2.24, 2.45) is 5.11 Å². The molecule has 1 aromatic carbocycles. The lowest BCUT2D eigenvalue weighted by Crippen LogP contribution is -1.84. The minimum atomic E-state index is -0.436. The zero-order chi connectivity index (χ0) is 10.0. The lowest BCUT2D eigenvalue weighted by atomic mass is 10.2. The molecule has 0 unspecified atom stereocenters. The van der Waals surface area contributed by atoms with E-state index in [2.05, 4.69) is 26.0 Å². The molecule has 0 N–H and O–H groups in total. The van der Waals surface area contributed by atoms with Gasteiger partial charge in [-0.1, -0.05) is 16.7 Å². The molecule has 0 bridgehead atoms. The second kappa shape index (κ2) is 3.96. The zero-order valence-electron chi connectivity index (χ0n) is 6.55. The summed E-state index contributed by atoms with van der Waals surface area (Å²) < 4.78 is 13.4. The molecule has 0 aromatic heterocycles. The number of hydrogen-bond donors (Lipinski definition) is 0. The van der Waals surface area contributed by atoms with Crippen molar-refractivity contribution in [2.75, 3.05) is 0 Å². The Morgan fingerprint density at radius 2 is 2.31 bits per heavy atom. The molecule has 1 aromatic rings. The fraction of sp³-hybridized carbons (Fsp3) is 0.143. The molecule has 0 aliphatic heterocycles. The molecule has 0 radical (unpaired) electrons. The number of halogens is 3. The first-order valence-corrected chi connectivity index (χ1v) is 4.44. The monoisotopic (exact) mass is 263 g/mol. The lowest BCUT2D eigenvalue weighted by Gasteiger charge is -2.04. The predicted molar refractivity (Wildman–Crippen MR) is 52.7 cm³/mol. The molecule has 0 amide bonds. The first-order chi connectivity index (χ1) is 6.07. The Labute approximate surface area is 87.3 Å². The summed E-state index contributed by atoms with van der Waals surface area (Å²) in [6.07, 6.45) is 0. The topological polar surface area (TPSA) is 48.8 Å². The van der Waals surface area contributed by atoms with Gasteiger partial charge in [0.25, 0.3) is 0 Å². The maximum Gasteiger partial charge on any atom is 0.128 e. The highest BCUT2D eigenvalue weighted by molar-refractivity contribution is 9.10. The van der Waals surface area contributed by atoms with E-state index in [4.69, 9.17) is 17.1 Å². The molecule has 0 spiro atoms. The zero-order valence-corrected chi connectivity index (χ0v) is 8.89. The molecular weight excluding hydrogens is 260 g/mol. The van der Waals surface area contributed by atoms with Gasteiger partial charge in [0.15, 0.2) is 0 Å². The molecule has 13 heavy (non-hydrogen) atoms. The standard InChI is InChI=1S/C7H4BrClFN3/c1-3-5(10)2-4(9)7(6(3)8)12-13-11/h2H,1H3. The molecule has 6 heteroatoms. The van der Waals surface area contributed by atoms with Gasteiger partial charge in [-0.2, -0.15) is 0 Å². The fourth-order valence-corrected chi connectivity index (χ4v) is 1.64. The third kappa shape index (κ3) is 1.94. The van der Waals surface area contributed by atoms with E-state index in [1.807, 2.05) is 0 Å². The van der Waals surface area contributed by atoms with Crippen LogP contribution in [0.3, 0.4) is 0 Å². The second-order valence-electron chi connectivity index (χ2n) is 2.32. The van der Waals surface area contributed by atoms with E-state index in [1.54, 1.807) is 6.92 Å². The van der Waals surface area contributed by atoms with Crippen LogP contribution in [0.1, 0.15) is 5.56 Å². The molecule has 68 valence electrons. The van der Waals surface area contributed by atoms with Crippen LogP contribution in [0.25, 0.3) is 10.4 Å². The maximum atomic E-state index is 13.0. The first-order valence-electron chi connectivity index (χ1n) is 3.27. The Morgan fingerprint density at radius 3 is 2.85 bits per heavy atom. The van der Waals surface area contributed by atoms with Crippen LogP contribution in [-0.2, 0) is 0 Å². The summed E-state index contributed by atoms with van der Waals surface area (Å²) in [6, 6.07) is 1.12. The van der Waals surface area contributed by atoms with E-state index in [-0.39, 0.29) is 10.7 Å². The Hall–Kier alpha value is -0.770. The molecule has 3 nitrogen and oxygen atoms in total. The summed E-state index contributed by atoms with van der Waals surface area (Å²) in [6.45, 7) is 1.56. The van der Waals surface area contributed by atoms with Crippen molar-refractivity contribution in [1.29, 1.82) is 0 Å². The molecular formula is C7H4BrClFN3. The van der Waals surface area contributed by atoms with Gasteiger partial charge < -0.3 is 0 Å². The molecule has 0 atom stereocenters. The van der Waals surface area contributed by atoms with Crippen molar-refractivity contribution in [3.8, 4) is 0 Å². The number of nitrogens with zero attached hydrogens (tertiary/aromatic N) is 3. The van der Waals surface area contributed by atoms with Crippen LogP contribution in [0.4, 0.5) is 10.1 Å². The summed E-state index contributed by atoms with van der Waals surface area (Å²) in [7, 11) is 0. The highest BCUT2D eigenvalue weighted by Gasteiger charge is 2.10. The van der Waals surface area contributed by atoms with Crippen LogP contribution >= 0.6 is 27.5 Å². The minimum absolute atomic E-state index is 0.0905. The Kier molecular flexibility index (Phi) is 3.14. The van der Waals surface area contributed by atoms with Gasteiger partial charge in [0, 0.05) is 9.38 Å². The van der Waals surface area contributed by atoms with Crippen LogP contribution in [0, 0.1) is 12.7 Å². The van der Waals surface area contributed by atoms with Crippen molar-refractivity contribution in [2.45, 2.75) is 6.92 Å². The van der Waals surface area contributed by atoms with E-state index >= 15 is 0 Å². The maximum absolute atomic E-state index is 13.0. The van der Waals surface area contributed by atoms with Crippen molar-refractivity contribution < 1.29 is 4.39 Å². The first kappa shape index (κ1) is 10.3. The summed E-state index contributed by atoms with van der Waals surface area (Å²) in [5.74, 6) is -0.436. The van der Waals surface area contributed by atoms with Gasteiger partial charge in [-0.3, -0.25) is 0 Å². The molecule has 1 rings (SSSR count). The highest BCUT2D eigenvalue weighted by Crippen LogP contribution is 2.37. The van der Waals surface area contributed by atoms with Crippen LogP contribution in [-0.4, -0.2) is 0 Å². The Bertz CT molecular complexity index is 401. The molecule has 0 saturated heterocycles. The quantitative estimate of drug-likeness (QED) is 0.407. The van der Waals surface area contributed by atoms with Gasteiger partial charge in [0.05, 0.1) is 10.7 Å². The van der Waals surface area contributed by atoms with Crippen molar-refractivity contribution in [1.82, 2.24) is 0 Å². The second-order valence-corrected chi connectivity index (χ2v) is 3.52. The average molecular weight is 264 g/mol. The smallest absolute Gasteiger partial charge is 0.128 e. The Balaban J connectivity index is 3.52. The van der Waals surface area contributed by atoms with E-state index < -0.39 is 5.82 Å². The number of benzene rings is 1. The molecule has 0 aliphatic carbocycles. The SMILES string of the molecule is Cc1c(F)cc(Cl)c(N=[N+]=[N-])c1Br. The molecule has 0 saturated carbocycles. The van der Waals surface area contributed by atoms with Gasteiger partial charge >= 0.3 is 0 Å². The van der Waals surface area contributed by atoms with E-state index in [0.717, 1.165) is 6.07 Å². The van der Waals surface area contributed by atoms with Crippen molar-refractivity contribution in [3.63, 3.8) is 0 Å². The number of azide groups is 1. The normalized spacial score (nSPS) is 9.54. The molecule has 0 aliphatic rings. The third-order valence-electron chi connectivity index (χ3n) is 1.52. The predicted octanol–water partition coefficient (Wildman–Crippen LogP) is 4.49. The number of rotatable bonds is 1. The highest BCUT2D eigenvalue weighted by atomic mass is 79.9. The van der Waals surface area contributed by atoms with E-state index in [9.17, 15) is 4.39 Å². The van der Waals surface area contributed by atoms with Crippen molar-refractivity contribution >= 4 is 33.2 Å². The fourth-order valence-electron chi connectivity index (χ4n) is 0.812. The van der Waals surface area contributed by atoms with Gasteiger partial charge in [0.1, 0.15) is 5.82 Å². The van der Waals surface area contributed by atoms with Crippen LogP contribution in [0.5, 0.6) is 0 Å². The largest absolute Gasteiger partial charge is 0.207 e. The number of hydrogen-bond acceptors (Lipinski definition) is 1. The van der Waals surface area contributed by atoms with E-state index in [0.29, 0.717) is 10.0 Å².